The minimum Gasteiger partial charge on any atom is -0.317 e. The number of hydrogen-bond acceptors (Lipinski definition) is 7. The molecule has 1 atom stereocenters. The van der Waals surface area contributed by atoms with Crippen LogP contribution in [0.25, 0.3) is 0 Å². The zero-order chi connectivity index (χ0) is 20.8. The third-order valence-corrected chi connectivity index (χ3v) is 5.55. The summed E-state index contributed by atoms with van der Waals surface area (Å²) >= 11 is 0. The van der Waals surface area contributed by atoms with Gasteiger partial charge in [0.05, 0.1) is 21.6 Å². The van der Waals surface area contributed by atoms with Gasteiger partial charge in [-0.25, -0.2) is 4.79 Å². The number of amides is 1. The summed E-state index contributed by atoms with van der Waals surface area (Å²) in [6, 6.07) is 3.72. The minimum atomic E-state index is -0.661. The summed E-state index contributed by atoms with van der Waals surface area (Å²) in [6.45, 7) is 0. The molecule has 0 radical (unpaired) electrons. The average molecular weight is 404 g/mol. The van der Waals surface area contributed by atoms with Crippen molar-refractivity contribution in [3.63, 3.8) is 0 Å². The van der Waals surface area contributed by atoms with Crippen LogP contribution in [-0.2, 0) is 4.84 Å². The van der Waals surface area contributed by atoms with Crippen LogP contribution in [0.3, 0.4) is 0 Å². The van der Waals surface area contributed by atoms with Gasteiger partial charge in [0, 0.05) is 23.6 Å². The lowest BCUT2D eigenvalue weighted by atomic mass is 9.81. The van der Waals surface area contributed by atoms with E-state index in [1.165, 1.54) is 18.6 Å². The molecule has 10 nitrogen and oxygen atoms in total. The van der Waals surface area contributed by atoms with Crippen molar-refractivity contribution in [2.75, 3.05) is 0 Å². The number of oxime groups is 1. The molecule has 3 rings (SSSR count). The van der Waals surface area contributed by atoms with Crippen molar-refractivity contribution in [1.29, 1.82) is 0 Å². The second-order valence-corrected chi connectivity index (χ2v) is 7.50. The van der Waals surface area contributed by atoms with Crippen LogP contribution < -0.4 is 5.32 Å². The Labute approximate surface area is 167 Å². The van der Waals surface area contributed by atoms with E-state index in [0.29, 0.717) is 24.1 Å². The van der Waals surface area contributed by atoms with E-state index in [4.69, 9.17) is 4.84 Å². The van der Waals surface area contributed by atoms with Gasteiger partial charge in [0.25, 0.3) is 11.4 Å². The highest BCUT2D eigenvalue weighted by Gasteiger charge is 2.31. The van der Waals surface area contributed by atoms with Crippen molar-refractivity contribution in [1.82, 2.24) is 5.32 Å². The van der Waals surface area contributed by atoms with Gasteiger partial charge in [-0.2, -0.15) is 0 Å². The van der Waals surface area contributed by atoms with Crippen molar-refractivity contribution >= 4 is 23.2 Å². The molecule has 1 N–H and O–H groups in total. The standard InChI is InChI=1S/C19H24N4O6/c24-19(20-13-6-2-1-3-7-13)29-21-17-9-5-4-8-15(17)16-11-10-14(22(25)26)12-18(16)23(27)28/h10-13,15H,1-9H2,(H,20,24)/b21-17-/t15-/m0/s1. The molecule has 1 amide bonds. The first-order valence-electron chi connectivity index (χ1n) is 9.92. The fraction of sp³-hybridized carbons (Fsp3) is 0.579. The normalized spacial score (nSPS) is 21.5. The molecule has 0 saturated heterocycles. The fourth-order valence-electron chi connectivity index (χ4n) is 4.08. The second-order valence-electron chi connectivity index (χ2n) is 7.50. The Morgan fingerprint density at radius 1 is 1.03 bits per heavy atom. The molecule has 2 aliphatic rings. The second kappa shape index (κ2) is 9.44. The average Bonchev–Trinajstić information content (AvgIpc) is 2.72. The highest BCUT2D eigenvalue weighted by molar-refractivity contribution is 5.92. The van der Waals surface area contributed by atoms with Gasteiger partial charge in [0.2, 0.25) is 0 Å². The summed E-state index contributed by atoms with van der Waals surface area (Å²) in [6.07, 6.45) is 7.37. The number of hydrogen-bond donors (Lipinski definition) is 1. The zero-order valence-electron chi connectivity index (χ0n) is 16.0. The van der Waals surface area contributed by atoms with E-state index in [2.05, 4.69) is 10.5 Å². The molecule has 0 bridgehead atoms. The smallest absolute Gasteiger partial charge is 0.317 e. The number of carbonyl (C=O) groups excluding carboxylic acids is 1. The van der Waals surface area contributed by atoms with Crippen molar-refractivity contribution < 1.29 is 19.5 Å². The van der Waals surface area contributed by atoms with Crippen molar-refractivity contribution in [3.8, 4) is 0 Å². The Morgan fingerprint density at radius 3 is 2.45 bits per heavy atom. The van der Waals surface area contributed by atoms with Gasteiger partial charge in [-0.3, -0.25) is 25.1 Å². The SMILES string of the molecule is O=C(NC1CCCCC1)O/N=C1/CCCC[C@H]1c1ccc([N+](=O)[O-])cc1[N+](=O)[O-]. The first-order valence-corrected chi connectivity index (χ1v) is 9.92. The van der Waals surface area contributed by atoms with Crippen LogP contribution in [0.2, 0.25) is 0 Å². The summed E-state index contributed by atoms with van der Waals surface area (Å²) in [5.74, 6) is -0.410. The Balaban J connectivity index is 1.77. The number of benzene rings is 1. The number of nitrogens with one attached hydrogen (secondary N) is 1. The maximum Gasteiger partial charge on any atom is 0.433 e. The highest BCUT2D eigenvalue weighted by Crippen LogP contribution is 2.37. The number of carbonyl (C=O) groups is 1. The third-order valence-electron chi connectivity index (χ3n) is 5.55. The minimum absolute atomic E-state index is 0.0920. The van der Waals surface area contributed by atoms with Crippen LogP contribution in [-0.4, -0.2) is 27.7 Å². The molecule has 2 saturated carbocycles. The zero-order valence-corrected chi connectivity index (χ0v) is 16.0. The maximum absolute atomic E-state index is 12.1. The van der Waals surface area contributed by atoms with Gasteiger partial charge in [-0.15, -0.1) is 0 Å². The van der Waals surface area contributed by atoms with Gasteiger partial charge >= 0.3 is 6.09 Å². The lowest BCUT2D eigenvalue weighted by Gasteiger charge is -2.24. The lowest BCUT2D eigenvalue weighted by molar-refractivity contribution is -0.394. The highest BCUT2D eigenvalue weighted by atomic mass is 16.7. The first kappa shape index (κ1) is 20.7. The van der Waals surface area contributed by atoms with Gasteiger partial charge in [0.15, 0.2) is 0 Å². The van der Waals surface area contributed by atoms with Crippen molar-refractivity contribution in [3.05, 3.63) is 44.0 Å². The molecule has 29 heavy (non-hydrogen) atoms. The van der Waals surface area contributed by atoms with Gasteiger partial charge in [0.1, 0.15) is 0 Å². The number of nitro benzene ring substituents is 2. The molecule has 2 fully saturated rings. The van der Waals surface area contributed by atoms with E-state index in [1.807, 2.05) is 0 Å². The summed E-state index contributed by atoms with van der Waals surface area (Å²) in [7, 11) is 0. The number of nitrogens with zero attached hydrogens (tertiary/aromatic N) is 3. The maximum atomic E-state index is 12.1. The monoisotopic (exact) mass is 404 g/mol. The predicted molar refractivity (Wildman–Crippen MR) is 105 cm³/mol. The molecule has 0 spiro atoms. The number of rotatable bonds is 5. The summed E-state index contributed by atoms with van der Waals surface area (Å²) in [5.41, 5.74) is 0.255. The Bertz CT molecular complexity index is 819. The quantitative estimate of drug-likeness (QED) is 0.433. The number of non-ortho nitro benzene ring substituents is 1. The third kappa shape index (κ3) is 5.27. The molecule has 1 aromatic rings. The topological polar surface area (TPSA) is 137 Å². The van der Waals surface area contributed by atoms with E-state index < -0.39 is 21.9 Å². The number of nitro groups is 2. The summed E-state index contributed by atoms with van der Waals surface area (Å²) in [4.78, 5) is 38.3. The molecule has 10 heteroatoms. The van der Waals surface area contributed by atoms with Crippen LogP contribution in [0, 0.1) is 20.2 Å². The lowest BCUT2D eigenvalue weighted by Crippen LogP contribution is -2.36. The Morgan fingerprint density at radius 2 is 1.76 bits per heavy atom. The predicted octanol–water partition coefficient (Wildman–Crippen LogP) is 4.58. The summed E-state index contributed by atoms with van der Waals surface area (Å²) < 4.78 is 0. The largest absolute Gasteiger partial charge is 0.433 e. The van der Waals surface area contributed by atoms with Gasteiger partial charge in [-0.1, -0.05) is 30.8 Å². The van der Waals surface area contributed by atoms with E-state index in [-0.39, 0.29) is 17.4 Å². The van der Waals surface area contributed by atoms with Crippen LogP contribution in [0.15, 0.2) is 23.4 Å². The van der Waals surface area contributed by atoms with Gasteiger partial charge < -0.3 is 5.32 Å². The van der Waals surface area contributed by atoms with Crippen LogP contribution in [0.4, 0.5) is 16.2 Å². The molecule has 0 heterocycles. The Hall–Kier alpha value is -3.04. The molecular formula is C19H24N4O6. The molecule has 156 valence electrons. The van der Waals surface area contributed by atoms with E-state index in [0.717, 1.165) is 44.6 Å². The van der Waals surface area contributed by atoms with E-state index in [1.54, 1.807) is 0 Å². The van der Waals surface area contributed by atoms with E-state index >= 15 is 0 Å². The molecule has 1 aromatic carbocycles. The fourth-order valence-corrected chi connectivity index (χ4v) is 4.08. The molecule has 2 aliphatic carbocycles. The molecular weight excluding hydrogens is 380 g/mol. The van der Waals surface area contributed by atoms with Crippen molar-refractivity contribution in [2.45, 2.75) is 69.7 Å². The first-order chi connectivity index (χ1) is 14.0. The van der Waals surface area contributed by atoms with Crippen LogP contribution in [0.1, 0.15) is 69.3 Å². The van der Waals surface area contributed by atoms with Crippen LogP contribution >= 0.6 is 0 Å². The van der Waals surface area contributed by atoms with Gasteiger partial charge in [-0.05, 0) is 38.2 Å². The molecule has 0 unspecified atom stereocenters. The molecule has 0 aliphatic heterocycles. The van der Waals surface area contributed by atoms with Crippen molar-refractivity contribution in [2.24, 2.45) is 5.16 Å². The summed E-state index contributed by atoms with van der Waals surface area (Å²) in [5, 5.41) is 29.3. The Kier molecular flexibility index (Phi) is 6.73. The molecule has 0 aromatic heterocycles. The van der Waals surface area contributed by atoms with E-state index in [9.17, 15) is 25.0 Å². The van der Waals surface area contributed by atoms with Crippen LogP contribution in [0.5, 0.6) is 0 Å².